The number of rotatable bonds is 2. The molecule has 0 aromatic carbocycles. The Morgan fingerprint density at radius 1 is 1.47 bits per heavy atom. The highest BCUT2D eigenvalue weighted by Gasteiger charge is 2.58. The fourth-order valence-corrected chi connectivity index (χ4v) is 3.56. The van der Waals surface area contributed by atoms with E-state index in [4.69, 9.17) is 5.26 Å². The van der Waals surface area contributed by atoms with Crippen molar-refractivity contribution in [3.8, 4) is 12.1 Å². The van der Waals surface area contributed by atoms with Crippen molar-refractivity contribution in [1.29, 1.82) is 10.5 Å². The van der Waals surface area contributed by atoms with Crippen LogP contribution in [0.1, 0.15) is 26.2 Å². The zero-order chi connectivity index (χ0) is 11.1. The second-order valence-electron chi connectivity index (χ2n) is 4.95. The van der Waals surface area contributed by atoms with E-state index < -0.39 is 5.41 Å². The molecular formula is C12H14N2O. The first kappa shape index (κ1) is 10.2. The predicted octanol–water partition coefficient (Wildman–Crippen LogP) is 1.90. The van der Waals surface area contributed by atoms with Crippen LogP contribution in [-0.4, -0.2) is 6.29 Å². The molecular weight excluding hydrogens is 188 g/mol. The van der Waals surface area contributed by atoms with Crippen molar-refractivity contribution in [2.24, 2.45) is 29.1 Å². The molecule has 2 saturated carbocycles. The van der Waals surface area contributed by atoms with E-state index in [0.717, 1.165) is 25.5 Å². The van der Waals surface area contributed by atoms with Gasteiger partial charge in [0.1, 0.15) is 6.29 Å². The molecule has 5 atom stereocenters. The number of hydrogen-bond donors (Lipinski definition) is 0. The van der Waals surface area contributed by atoms with Gasteiger partial charge in [0.2, 0.25) is 0 Å². The maximum atomic E-state index is 10.9. The highest BCUT2D eigenvalue weighted by molar-refractivity contribution is 5.56. The van der Waals surface area contributed by atoms with Gasteiger partial charge in [0.25, 0.3) is 0 Å². The molecule has 2 bridgehead atoms. The molecule has 0 aliphatic heterocycles. The van der Waals surface area contributed by atoms with Gasteiger partial charge < -0.3 is 4.79 Å². The minimum absolute atomic E-state index is 0.0131. The fraction of sp³-hybridized carbons (Fsp3) is 0.750. The fourth-order valence-electron chi connectivity index (χ4n) is 3.56. The summed E-state index contributed by atoms with van der Waals surface area (Å²) in [4.78, 5) is 10.9. The molecule has 5 unspecified atom stereocenters. The van der Waals surface area contributed by atoms with Crippen LogP contribution in [0.5, 0.6) is 0 Å². The summed E-state index contributed by atoms with van der Waals surface area (Å²) in [5.41, 5.74) is -0.552. The van der Waals surface area contributed by atoms with Crippen LogP contribution in [0.25, 0.3) is 0 Å². The molecule has 0 heterocycles. The minimum Gasteiger partial charge on any atom is -0.303 e. The van der Waals surface area contributed by atoms with Crippen molar-refractivity contribution >= 4 is 6.29 Å². The Bertz CT molecular complexity index is 365. The van der Waals surface area contributed by atoms with Crippen molar-refractivity contribution in [2.75, 3.05) is 0 Å². The van der Waals surface area contributed by atoms with Crippen molar-refractivity contribution in [1.82, 2.24) is 0 Å². The summed E-state index contributed by atoms with van der Waals surface area (Å²) in [6.07, 6.45) is 3.69. The van der Waals surface area contributed by atoms with Crippen LogP contribution in [0.15, 0.2) is 0 Å². The molecule has 0 N–H and O–H groups in total. The van der Waals surface area contributed by atoms with Crippen molar-refractivity contribution < 1.29 is 4.79 Å². The SMILES string of the molecule is CC(C#N)C1(C#N)CC2CC(C=O)C1C2. The summed E-state index contributed by atoms with van der Waals surface area (Å²) in [6, 6.07) is 4.53. The van der Waals surface area contributed by atoms with Crippen LogP contribution in [0.2, 0.25) is 0 Å². The van der Waals surface area contributed by atoms with E-state index in [9.17, 15) is 10.1 Å². The highest BCUT2D eigenvalue weighted by Crippen LogP contribution is 2.60. The highest BCUT2D eigenvalue weighted by atomic mass is 16.1. The van der Waals surface area contributed by atoms with Crippen LogP contribution < -0.4 is 0 Å². The summed E-state index contributed by atoms with van der Waals surface area (Å²) < 4.78 is 0. The number of aldehydes is 1. The molecule has 0 spiro atoms. The molecule has 3 nitrogen and oxygen atoms in total. The Balaban J connectivity index is 2.34. The monoisotopic (exact) mass is 202 g/mol. The molecule has 2 fully saturated rings. The van der Waals surface area contributed by atoms with E-state index in [2.05, 4.69) is 12.1 Å². The van der Waals surface area contributed by atoms with E-state index >= 15 is 0 Å². The lowest BCUT2D eigenvalue weighted by atomic mass is 9.63. The predicted molar refractivity (Wildman–Crippen MR) is 53.2 cm³/mol. The van der Waals surface area contributed by atoms with E-state index in [1.807, 2.05) is 6.92 Å². The van der Waals surface area contributed by atoms with Crippen molar-refractivity contribution in [3.05, 3.63) is 0 Å². The first-order valence-corrected chi connectivity index (χ1v) is 5.44. The number of nitrogens with zero attached hydrogens (tertiary/aromatic N) is 2. The average Bonchev–Trinajstić information content (AvgIpc) is 2.84. The van der Waals surface area contributed by atoms with Crippen LogP contribution >= 0.6 is 0 Å². The van der Waals surface area contributed by atoms with Gasteiger partial charge in [-0.1, -0.05) is 0 Å². The largest absolute Gasteiger partial charge is 0.303 e. The second kappa shape index (κ2) is 3.35. The molecule has 2 aliphatic rings. The number of fused-ring (bicyclic) bond motifs is 2. The van der Waals surface area contributed by atoms with E-state index in [-0.39, 0.29) is 17.8 Å². The Morgan fingerprint density at radius 3 is 2.67 bits per heavy atom. The van der Waals surface area contributed by atoms with Crippen molar-refractivity contribution in [2.45, 2.75) is 26.2 Å². The normalized spacial score (nSPS) is 44.3. The molecule has 3 heteroatoms. The van der Waals surface area contributed by atoms with Crippen LogP contribution in [0.3, 0.4) is 0 Å². The van der Waals surface area contributed by atoms with Crippen LogP contribution in [0.4, 0.5) is 0 Å². The number of nitriles is 2. The van der Waals surface area contributed by atoms with E-state index in [1.54, 1.807) is 0 Å². The van der Waals surface area contributed by atoms with Gasteiger partial charge in [-0.25, -0.2) is 0 Å². The standard InChI is InChI=1S/C12H14N2O/c1-8(5-13)12(7-14)4-9-2-10(6-15)11(12)3-9/h6,8-11H,2-4H2,1H3. The number of hydrogen-bond acceptors (Lipinski definition) is 3. The van der Waals surface area contributed by atoms with Gasteiger partial charge in [-0.05, 0) is 38.0 Å². The number of carbonyl (C=O) groups is 1. The van der Waals surface area contributed by atoms with Gasteiger partial charge in [-0.3, -0.25) is 0 Å². The molecule has 0 radical (unpaired) electrons. The molecule has 0 amide bonds. The van der Waals surface area contributed by atoms with Gasteiger partial charge in [-0.2, -0.15) is 10.5 Å². The zero-order valence-electron chi connectivity index (χ0n) is 8.81. The molecule has 0 aromatic heterocycles. The molecule has 0 aromatic rings. The lowest BCUT2D eigenvalue weighted by Crippen LogP contribution is -2.37. The zero-order valence-corrected chi connectivity index (χ0v) is 8.81. The Kier molecular flexibility index (Phi) is 2.27. The van der Waals surface area contributed by atoms with Gasteiger partial charge in [0.15, 0.2) is 0 Å². The van der Waals surface area contributed by atoms with E-state index in [0.29, 0.717) is 5.92 Å². The van der Waals surface area contributed by atoms with Crippen LogP contribution in [0, 0.1) is 51.7 Å². The summed E-state index contributed by atoms with van der Waals surface area (Å²) >= 11 is 0. The van der Waals surface area contributed by atoms with Crippen LogP contribution in [-0.2, 0) is 4.79 Å². The van der Waals surface area contributed by atoms with Gasteiger partial charge >= 0.3 is 0 Å². The average molecular weight is 202 g/mol. The van der Waals surface area contributed by atoms with Gasteiger partial charge in [0.05, 0.1) is 23.5 Å². The summed E-state index contributed by atoms with van der Waals surface area (Å²) in [6.45, 7) is 1.81. The molecule has 15 heavy (non-hydrogen) atoms. The summed E-state index contributed by atoms with van der Waals surface area (Å²) in [5, 5.41) is 18.3. The third kappa shape index (κ3) is 1.20. The Hall–Kier alpha value is -1.35. The maximum absolute atomic E-state index is 10.9. The topological polar surface area (TPSA) is 64.7 Å². The molecule has 78 valence electrons. The second-order valence-corrected chi connectivity index (χ2v) is 4.95. The third-order valence-corrected chi connectivity index (χ3v) is 4.35. The molecule has 2 aliphatic carbocycles. The van der Waals surface area contributed by atoms with Gasteiger partial charge in [0, 0.05) is 5.92 Å². The number of carbonyl (C=O) groups excluding carboxylic acids is 1. The smallest absolute Gasteiger partial charge is 0.123 e. The maximum Gasteiger partial charge on any atom is 0.123 e. The Morgan fingerprint density at radius 2 is 2.20 bits per heavy atom. The van der Waals surface area contributed by atoms with Crippen molar-refractivity contribution in [3.63, 3.8) is 0 Å². The minimum atomic E-state index is -0.552. The lowest BCUT2D eigenvalue weighted by Gasteiger charge is -2.35. The summed E-state index contributed by atoms with van der Waals surface area (Å²) in [5.74, 6) is 0.361. The molecule has 2 rings (SSSR count). The quantitative estimate of drug-likeness (QED) is 0.642. The molecule has 0 saturated heterocycles. The van der Waals surface area contributed by atoms with Gasteiger partial charge in [-0.15, -0.1) is 0 Å². The van der Waals surface area contributed by atoms with E-state index in [1.165, 1.54) is 0 Å². The first-order chi connectivity index (χ1) is 7.17. The summed E-state index contributed by atoms with van der Waals surface area (Å²) in [7, 11) is 0. The first-order valence-electron chi connectivity index (χ1n) is 5.44. The lowest BCUT2D eigenvalue weighted by molar-refractivity contribution is -0.113. The third-order valence-electron chi connectivity index (χ3n) is 4.35. The Labute approximate surface area is 89.7 Å².